The van der Waals surface area contributed by atoms with E-state index in [1.54, 1.807) is 7.11 Å². The Morgan fingerprint density at radius 2 is 1.69 bits per heavy atom. The normalized spacial score (nSPS) is 17.7. The molecule has 2 heterocycles. The molecular weight excluding hydrogens is 402 g/mol. The molecule has 32 heavy (non-hydrogen) atoms. The molecule has 0 aromatic heterocycles. The van der Waals surface area contributed by atoms with Gasteiger partial charge in [0.05, 0.1) is 13.2 Å². The minimum absolute atomic E-state index is 0.0467. The fraction of sp³-hybridized carbons (Fsp3) is 0.222. The van der Waals surface area contributed by atoms with Gasteiger partial charge >= 0.3 is 0 Å². The molecule has 3 aromatic carbocycles. The molecule has 0 aliphatic carbocycles. The minimum atomic E-state index is -0.0467. The van der Waals surface area contributed by atoms with Crippen LogP contribution in [0.4, 0.5) is 0 Å². The summed E-state index contributed by atoms with van der Waals surface area (Å²) in [5.41, 5.74) is 3.83. The van der Waals surface area contributed by atoms with Crippen molar-refractivity contribution < 1.29 is 19.0 Å². The number of carbonyl (C=O) groups is 1. The van der Waals surface area contributed by atoms with Gasteiger partial charge in [0, 0.05) is 24.7 Å². The van der Waals surface area contributed by atoms with Gasteiger partial charge in [-0.05, 0) is 41.0 Å². The third-order valence-electron chi connectivity index (χ3n) is 5.94. The highest BCUT2D eigenvalue weighted by molar-refractivity contribution is 6.21. The van der Waals surface area contributed by atoms with E-state index >= 15 is 0 Å². The maximum Gasteiger partial charge on any atom is 0.167 e. The highest BCUT2D eigenvalue weighted by Gasteiger charge is 2.30. The molecular formula is C27H25NO4. The van der Waals surface area contributed by atoms with Crippen LogP contribution >= 0.6 is 0 Å². The van der Waals surface area contributed by atoms with E-state index in [2.05, 4.69) is 17.0 Å². The molecule has 3 aromatic rings. The average Bonchev–Trinajstić information content (AvgIpc) is 2.85. The van der Waals surface area contributed by atoms with Crippen LogP contribution in [0.1, 0.15) is 29.2 Å². The van der Waals surface area contributed by atoms with Crippen molar-refractivity contribution in [3.05, 3.63) is 95.7 Å². The second-order valence-electron chi connectivity index (χ2n) is 7.98. The van der Waals surface area contributed by atoms with Crippen molar-refractivity contribution in [1.82, 2.24) is 4.90 Å². The largest absolute Gasteiger partial charge is 0.497 e. The predicted octanol–water partition coefficient (Wildman–Crippen LogP) is 5.02. The third-order valence-corrected chi connectivity index (χ3v) is 5.94. The molecule has 2 aliphatic heterocycles. The second kappa shape index (κ2) is 8.79. The fourth-order valence-electron chi connectivity index (χ4n) is 4.26. The summed E-state index contributed by atoms with van der Waals surface area (Å²) in [5, 5.41) is 0. The molecule has 1 unspecified atom stereocenters. The highest BCUT2D eigenvalue weighted by atomic mass is 16.6. The number of fused-ring (bicyclic) bond motifs is 1. The van der Waals surface area contributed by atoms with E-state index in [-0.39, 0.29) is 11.8 Å². The maximum absolute atomic E-state index is 13.3. The van der Waals surface area contributed by atoms with Gasteiger partial charge in [0.15, 0.2) is 17.3 Å². The first kappa shape index (κ1) is 20.2. The molecule has 0 spiro atoms. The van der Waals surface area contributed by atoms with Crippen LogP contribution in [0, 0.1) is 0 Å². The summed E-state index contributed by atoms with van der Waals surface area (Å²) in [6.45, 7) is 1.77. The molecule has 0 saturated heterocycles. The lowest BCUT2D eigenvalue weighted by molar-refractivity contribution is -0.115. The smallest absolute Gasteiger partial charge is 0.167 e. The molecule has 0 radical (unpaired) electrons. The number of ether oxygens (including phenoxy) is 3. The lowest BCUT2D eigenvalue weighted by atomic mass is 9.89. The first-order chi connectivity index (χ1) is 15.7. The van der Waals surface area contributed by atoms with E-state index in [1.807, 2.05) is 66.9 Å². The Bertz CT molecular complexity index is 1140. The number of benzene rings is 3. The number of methoxy groups -OCH3 is 1. The number of rotatable bonds is 5. The quantitative estimate of drug-likeness (QED) is 0.572. The Morgan fingerprint density at radius 1 is 0.938 bits per heavy atom. The average molecular weight is 428 g/mol. The van der Waals surface area contributed by atoms with Gasteiger partial charge < -0.3 is 19.1 Å². The predicted molar refractivity (Wildman–Crippen MR) is 123 cm³/mol. The summed E-state index contributed by atoms with van der Waals surface area (Å²) in [5.74, 6) is 2.33. The Morgan fingerprint density at radius 3 is 2.44 bits per heavy atom. The van der Waals surface area contributed by atoms with Crippen molar-refractivity contribution in [3.8, 4) is 17.2 Å². The molecule has 0 fully saturated rings. The summed E-state index contributed by atoms with van der Waals surface area (Å²) < 4.78 is 16.7. The Hall–Kier alpha value is -3.73. The number of allylic oxidation sites excluding steroid dienone is 1. The van der Waals surface area contributed by atoms with E-state index in [4.69, 9.17) is 14.2 Å². The van der Waals surface area contributed by atoms with Crippen molar-refractivity contribution in [1.29, 1.82) is 0 Å². The van der Waals surface area contributed by atoms with Crippen LogP contribution in [0.3, 0.4) is 0 Å². The van der Waals surface area contributed by atoms with E-state index in [0.717, 1.165) is 22.6 Å². The van der Waals surface area contributed by atoms with Gasteiger partial charge in [-0.25, -0.2) is 0 Å². The SMILES string of the molecule is COc1ccc(C2CC(=O)C(c3ccc4c(c3)OCCO4)=CN2Cc2ccccc2)cc1. The Labute approximate surface area is 187 Å². The zero-order valence-corrected chi connectivity index (χ0v) is 18.0. The lowest BCUT2D eigenvalue weighted by Crippen LogP contribution is -2.31. The summed E-state index contributed by atoms with van der Waals surface area (Å²) in [7, 11) is 1.66. The van der Waals surface area contributed by atoms with Crippen molar-refractivity contribution in [2.45, 2.75) is 19.0 Å². The van der Waals surface area contributed by atoms with Gasteiger partial charge in [0.1, 0.15) is 19.0 Å². The van der Waals surface area contributed by atoms with E-state index < -0.39 is 0 Å². The summed E-state index contributed by atoms with van der Waals surface area (Å²) in [6.07, 6.45) is 2.40. The Balaban J connectivity index is 1.52. The van der Waals surface area contributed by atoms with Gasteiger partial charge in [-0.1, -0.05) is 48.5 Å². The van der Waals surface area contributed by atoms with Gasteiger partial charge in [-0.15, -0.1) is 0 Å². The van der Waals surface area contributed by atoms with E-state index in [1.165, 1.54) is 5.56 Å². The number of ketones is 1. The lowest BCUT2D eigenvalue weighted by Gasteiger charge is -2.35. The molecule has 1 atom stereocenters. The van der Waals surface area contributed by atoms with Crippen molar-refractivity contribution in [2.24, 2.45) is 0 Å². The monoisotopic (exact) mass is 427 g/mol. The van der Waals surface area contributed by atoms with E-state index in [0.29, 0.717) is 37.5 Å². The second-order valence-corrected chi connectivity index (χ2v) is 7.98. The third kappa shape index (κ3) is 4.06. The van der Waals surface area contributed by atoms with Crippen molar-refractivity contribution >= 4 is 11.4 Å². The molecule has 0 N–H and O–H groups in total. The van der Waals surface area contributed by atoms with Crippen LogP contribution in [-0.4, -0.2) is 31.0 Å². The fourth-order valence-corrected chi connectivity index (χ4v) is 4.26. The molecule has 0 bridgehead atoms. The number of hydrogen-bond acceptors (Lipinski definition) is 5. The number of hydrogen-bond donors (Lipinski definition) is 0. The maximum atomic E-state index is 13.3. The van der Waals surface area contributed by atoms with Gasteiger partial charge in [0.2, 0.25) is 0 Å². The number of Topliss-reactive ketones (excluding diaryl/α,β-unsaturated/α-hetero) is 1. The number of nitrogens with zero attached hydrogens (tertiary/aromatic N) is 1. The van der Waals surface area contributed by atoms with Crippen LogP contribution in [0.5, 0.6) is 17.2 Å². The molecule has 2 aliphatic rings. The minimum Gasteiger partial charge on any atom is -0.497 e. The van der Waals surface area contributed by atoms with E-state index in [9.17, 15) is 4.79 Å². The van der Waals surface area contributed by atoms with Crippen molar-refractivity contribution in [3.63, 3.8) is 0 Å². The van der Waals surface area contributed by atoms with Crippen LogP contribution < -0.4 is 14.2 Å². The Kier molecular flexibility index (Phi) is 5.55. The summed E-state index contributed by atoms with van der Waals surface area (Å²) >= 11 is 0. The molecule has 5 heteroatoms. The summed E-state index contributed by atoms with van der Waals surface area (Å²) in [6, 6.07) is 24.0. The van der Waals surface area contributed by atoms with Gasteiger partial charge in [0.25, 0.3) is 0 Å². The molecule has 5 rings (SSSR count). The number of carbonyl (C=O) groups excluding carboxylic acids is 1. The van der Waals surface area contributed by atoms with Crippen molar-refractivity contribution in [2.75, 3.05) is 20.3 Å². The van der Waals surface area contributed by atoms with Gasteiger partial charge in [-0.2, -0.15) is 0 Å². The molecule has 162 valence electrons. The topological polar surface area (TPSA) is 48.0 Å². The summed E-state index contributed by atoms with van der Waals surface area (Å²) in [4.78, 5) is 15.5. The first-order valence-corrected chi connectivity index (χ1v) is 10.8. The van der Waals surface area contributed by atoms with Crippen LogP contribution in [-0.2, 0) is 11.3 Å². The van der Waals surface area contributed by atoms with Crippen LogP contribution in [0.15, 0.2) is 79.0 Å². The highest BCUT2D eigenvalue weighted by Crippen LogP contribution is 2.39. The standard InChI is InChI=1S/C27H25NO4/c1-30-22-10-7-20(8-11-22)24-16-25(29)23(18-28(24)17-19-5-3-2-4-6-19)21-9-12-26-27(15-21)32-14-13-31-26/h2-12,15,18,24H,13-14,16-17H2,1H3. The molecule has 5 nitrogen and oxygen atoms in total. The van der Waals surface area contributed by atoms with Crippen LogP contribution in [0.25, 0.3) is 5.57 Å². The molecule has 0 saturated carbocycles. The first-order valence-electron chi connectivity index (χ1n) is 10.8. The van der Waals surface area contributed by atoms with Gasteiger partial charge in [-0.3, -0.25) is 4.79 Å². The van der Waals surface area contributed by atoms with Crippen LogP contribution in [0.2, 0.25) is 0 Å². The molecule has 0 amide bonds. The zero-order chi connectivity index (χ0) is 21.9. The zero-order valence-electron chi connectivity index (χ0n) is 18.0.